The topological polar surface area (TPSA) is 88.5 Å². The maximum Gasteiger partial charge on any atom is 0.264 e. The maximum atomic E-state index is 14.2. The van der Waals surface area contributed by atoms with E-state index >= 15 is 0 Å². The Balaban J connectivity index is 1.75. The summed E-state index contributed by atoms with van der Waals surface area (Å²) < 4.78 is 15.7. The molecular formula is C23H18ClFN6O. The van der Waals surface area contributed by atoms with Gasteiger partial charge in [0.1, 0.15) is 17.7 Å². The van der Waals surface area contributed by atoms with E-state index in [4.69, 9.17) is 11.6 Å². The quantitative estimate of drug-likeness (QED) is 0.394. The third-order valence-corrected chi connectivity index (χ3v) is 5.78. The fourth-order valence-corrected chi connectivity index (χ4v) is 4.13. The van der Waals surface area contributed by atoms with Crippen molar-refractivity contribution in [3.8, 4) is 5.69 Å². The van der Waals surface area contributed by atoms with Crippen molar-refractivity contribution in [1.82, 2.24) is 24.5 Å². The smallest absolute Gasteiger partial charge is 0.264 e. The molecule has 0 radical (unpaired) electrons. The number of rotatable bonds is 5. The van der Waals surface area contributed by atoms with Crippen LogP contribution in [-0.4, -0.2) is 24.5 Å². The number of para-hydroxylation sites is 1. The lowest BCUT2D eigenvalue weighted by atomic mass is 10.0. The highest BCUT2D eigenvalue weighted by atomic mass is 35.5. The summed E-state index contributed by atoms with van der Waals surface area (Å²) in [7, 11) is 0. The second-order valence-corrected chi connectivity index (χ2v) is 7.68. The molecule has 0 bridgehead atoms. The number of pyridine rings is 1. The Labute approximate surface area is 186 Å². The van der Waals surface area contributed by atoms with Crippen LogP contribution < -0.4 is 10.9 Å². The lowest BCUT2D eigenvalue weighted by Crippen LogP contribution is -2.27. The molecule has 0 unspecified atom stereocenters. The van der Waals surface area contributed by atoms with Crippen LogP contribution >= 0.6 is 11.6 Å². The van der Waals surface area contributed by atoms with Crippen molar-refractivity contribution < 1.29 is 4.39 Å². The molecule has 3 aromatic heterocycles. The zero-order valence-corrected chi connectivity index (χ0v) is 17.8. The normalized spacial score (nSPS) is 12.3. The molecule has 2 N–H and O–H groups in total. The molecular weight excluding hydrogens is 431 g/mol. The summed E-state index contributed by atoms with van der Waals surface area (Å²) in [6.45, 7) is 2.00. The van der Waals surface area contributed by atoms with E-state index in [9.17, 15) is 9.18 Å². The number of aromatic nitrogens is 5. The molecule has 9 heteroatoms. The number of fused-ring (bicyclic) bond motifs is 2. The van der Waals surface area contributed by atoms with Gasteiger partial charge in [-0.05, 0) is 36.1 Å². The van der Waals surface area contributed by atoms with Gasteiger partial charge in [-0.25, -0.2) is 19.3 Å². The molecule has 5 rings (SSSR count). The van der Waals surface area contributed by atoms with E-state index in [1.807, 2.05) is 43.3 Å². The number of halogens is 2. The van der Waals surface area contributed by atoms with Gasteiger partial charge in [0.25, 0.3) is 5.56 Å². The molecule has 0 saturated carbocycles. The fourth-order valence-electron chi connectivity index (χ4n) is 3.88. The summed E-state index contributed by atoms with van der Waals surface area (Å²) in [6.07, 6.45) is 3.64. The summed E-state index contributed by atoms with van der Waals surface area (Å²) in [6, 6.07) is 13.6. The van der Waals surface area contributed by atoms with Gasteiger partial charge in [-0.2, -0.15) is 0 Å². The number of benzene rings is 2. The van der Waals surface area contributed by atoms with E-state index in [2.05, 4.69) is 25.3 Å². The van der Waals surface area contributed by atoms with Gasteiger partial charge < -0.3 is 10.3 Å². The molecule has 3 heterocycles. The molecule has 0 aliphatic carbocycles. The van der Waals surface area contributed by atoms with E-state index in [1.165, 1.54) is 12.4 Å². The minimum absolute atomic E-state index is 0.144. The third kappa shape index (κ3) is 3.29. The minimum Gasteiger partial charge on any atom is -0.360 e. The van der Waals surface area contributed by atoms with Gasteiger partial charge >= 0.3 is 0 Å². The van der Waals surface area contributed by atoms with Gasteiger partial charge in [0.05, 0.1) is 22.8 Å². The van der Waals surface area contributed by atoms with Gasteiger partial charge in [-0.15, -0.1) is 0 Å². The van der Waals surface area contributed by atoms with Crippen molar-refractivity contribution >= 4 is 39.4 Å². The van der Waals surface area contributed by atoms with Crippen LogP contribution in [0.15, 0.2) is 66.0 Å². The van der Waals surface area contributed by atoms with Crippen LogP contribution in [0.2, 0.25) is 5.02 Å². The van der Waals surface area contributed by atoms with E-state index < -0.39 is 5.82 Å². The SMILES string of the molecule is CC[C@H](Nc1ncnc2[nH]cnc12)c1cc2ccc(F)c(Cl)c2c(=O)n1-c1ccccc1. The molecule has 7 nitrogen and oxygen atoms in total. The van der Waals surface area contributed by atoms with Gasteiger partial charge in [0.15, 0.2) is 11.5 Å². The molecule has 1 atom stereocenters. The number of nitrogens with one attached hydrogen (secondary N) is 2. The highest BCUT2D eigenvalue weighted by Crippen LogP contribution is 2.30. The number of aromatic amines is 1. The van der Waals surface area contributed by atoms with Gasteiger partial charge in [-0.3, -0.25) is 9.36 Å². The third-order valence-electron chi connectivity index (χ3n) is 5.41. The molecule has 2 aromatic carbocycles. The van der Waals surface area contributed by atoms with Crippen LogP contribution in [0.5, 0.6) is 0 Å². The second-order valence-electron chi connectivity index (χ2n) is 7.30. The molecule has 0 saturated heterocycles. The highest BCUT2D eigenvalue weighted by Gasteiger charge is 2.22. The Morgan fingerprint density at radius 3 is 2.75 bits per heavy atom. The van der Waals surface area contributed by atoms with Crippen LogP contribution in [0.4, 0.5) is 10.2 Å². The first-order valence-electron chi connectivity index (χ1n) is 10.1. The highest BCUT2D eigenvalue weighted by molar-refractivity contribution is 6.35. The molecule has 0 amide bonds. The maximum absolute atomic E-state index is 14.2. The Kier molecular flexibility index (Phi) is 5.07. The van der Waals surface area contributed by atoms with Crippen molar-refractivity contribution in [2.75, 3.05) is 5.32 Å². The molecule has 0 aliphatic heterocycles. The number of nitrogens with zero attached hydrogens (tertiary/aromatic N) is 4. The molecule has 0 spiro atoms. The number of hydrogen-bond donors (Lipinski definition) is 2. The Hall–Kier alpha value is -3.78. The molecule has 5 aromatic rings. The molecule has 160 valence electrons. The summed E-state index contributed by atoms with van der Waals surface area (Å²) >= 11 is 6.21. The number of imidazole rings is 1. The van der Waals surface area contributed by atoms with Crippen LogP contribution in [0.25, 0.3) is 27.6 Å². The number of H-pyrrole nitrogens is 1. The zero-order chi connectivity index (χ0) is 22.2. The minimum atomic E-state index is -0.629. The predicted molar refractivity (Wildman–Crippen MR) is 123 cm³/mol. The fraction of sp³-hybridized carbons (Fsp3) is 0.130. The first-order chi connectivity index (χ1) is 15.6. The Morgan fingerprint density at radius 2 is 1.97 bits per heavy atom. The zero-order valence-electron chi connectivity index (χ0n) is 17.0. The lowest BCUT2D eigenvalue weighted by Gasteiger charge is -2.23. The van der Waals surface area contributed by atoms with Crippen molar-refractivity contribution in [2.45, 2.75) is 19.4 Å². The molecule has 0 aliphatic rings. The van der Waals surface area contributed by atoms with Crippen molar-refractivity contribution in [3.05, 3.63) is 88.1 Å². The number of hydrogen-bond acceptors (Lipinski definition) is 5. The predicted octanol–water partition coefficient (Wildman–Crippen LogP) is 5.01. The second kappa shape index (κ2) is 8.05. The van der Waals surface area contributed by atoms with E-state index in [0.29, 0.717) is 40.2 Å². The number of anilines is 1. The van der Waals surface area contributed by atoms with Crippen molar-refractivity contribution in [3.63, 3.8) is 0 Å². The van der Waals surface area contributed by atoms with E-state index in [0.717, 1.165) is 0 Å². The molecule has 32 heavy (non-hydrogen) atoms. The average molecular weight is 449 g/mol. The monoisotopic (exact) mass is 448 g/mol. The largest absolute Gasteiger partial charge is 0.360 e. The molecule has 0 fully saturated rings. The average Bonchev–Trinajstić information content (AvgIpc) is 3.30. The lowest BCUT2D eigenvalue weighted by molar-refractivity contribution is 0.629. The van der Waals surface area contributed by atoms with Gasteiger partial charge in [0.2, 0.25) is 0 Å². The van der Waals surface area contributed by atoms with Crippen LogP contribution in [0, 0.1) is 5.82 Å². The first-order valence-corrected chi connectivity index (χ1v) is 10.5. The van der Waals surface area contributed by atoms with Gasteiger partial charge in [0, 0.05) is 11.4 Å². The van der Waals surface area contributed by atoms with Crippen LogP contribution in [0.1, 0.15) is 25.1 Å². The summed E-state index contributed by atoms with van der Waals surface area (Å²) in [5.41, 5.74) is 2.17. The van der Waals surface area contributed by atoms with Crippen molar-refractivity contribution in [1.29, 1.82) is 0 Å². The van der Waals surface area contributed by atoms with Crippen LogP contribution in [-0.2, 0) is 0 Å². The summed E-state index contributed by atoms with van der Waals surface area (Å²) in [5.74, 6) is -0.0805. The standard InChI is InChI=1S/C23H18ClFN6O/c1-2-16(30-22-20-21(27-11-26-20)28-12-29-22)17-10-13-8-9-15(25)19(24)18(13)23(32)31(17)14-6-4-3-5-7-14/h3-12,16H,2H2,1H3,(H2,26,27,28,29,30)/t16-/m0/s1. The summed E-state index contributed by atoms with van der Waals surface area (Å²) in [5, 5.41) is 3.93. The Morgan fingerprint density at radius 1 is 1.16 bits per heavy atom. The van der Waals surface area contributed by atoms with Crippen molar-refractivity contribution in [2.24, 2.45) is 0 Å². The van der Waals surface area contributed by atoms with Gasteiger partial charge in [-0.1, -0.05) is 42.8 Å². The van der Waals surface area contributed by atoms with E-state index in [-0.39, 0.29) is 22.0 Å². The summed E-state index contributed by atoms with van der Waals surface area (Å²) in [4.78, 5) is 29.4. The van der Waals surface area contributed by atoms with Crippen LogP contribution in [0.3, 0.4) is 0 Å². The Bertz CT molecular complexity index is 1500. The first kappa shape index (κ1) is 20.1. The van der Waals surface area contributed by atoms with E-state index in [1.54, 1.807) is 17.0 Å².